The molecule has 1 aliphatic heterocycles. The number of likely N-dealkylation sites (tertiary alicyclic amines) is 1. The van der Waals surface area contributed by atoms with Gasteiger partial charge in [0.25, 0.3) is 11.9 Å². The van der Waals surface area contributed by atoms with E-state index < -0.39 is 0 Å². The largest absolute Gasteiger partial charge is 0.378 e. The first-order chi connectivity index (χ1) is 13.7. The van der Waals surface area contributed by atoms with E-state index in [1.807, 2.05) is 28.5 Å². The average molecular weight is 398 g/mol. The van der Waals surface area contributed by atoms with E-state index in [0.717, 1.165) is 30.0 Å². The highest BCUT2D eigenvalue weighted by molar-refractivity contribution is 7.13. The molecule has 146 valence electrons. The van der Waals surface area contributed by atoms with Crippen LogP contribution in [0.15, 0.2) is 36.0 Å². The van der Waals surface area contributed by atoms with Gasteiger partial charge in [0.2, 0.25) is 0 Å². The van der Waals surface area contributed by atoms with E-state index >= 15 is 0 Å². The Labute approximate surface area is 168 Å². The quantitative estimate of drug-likeness (QED) is 0.658. The van der Waals surface area contributed by atoms with Crippen LogP contribution < -0.4 is 0 Å². The van der Waals surface area contributed by atoms with Crippen molar-refractivity contribution >= 4 is 17.2 Å². The molecule has 4 heterocycles. The Morgan fingerprint density at radius 2 is 2.25 bits per heavy atom. The van der Waals surface area contributed by atoms with E-state index in [0.29, 0.717) is 17.2 Å². The van der Waals surface area contributed by atoms with Crippen molar-refractivity contribution in [1.29, 1.82) is 0 Å². The first kappa shape index (κ1) is 18.8. The third kappa shape index (κ3) is 3.57. The minimum atomic E-state index is -0.0000820. The van der Waals surface area contributed by atoms with Crippen LogP contribution in [0, 0.1) is 0 Å². The summed E-state index contributed by atoms with van der Waals surface area (Å²) in [4.78, 5) is 25.2. The second-order valence-electron chi connectivity index (χ2n) is 6.91. The van der Waals surface area contributed by atoms with Crippen molar-refractivity contribution in [2.24, 2.45) is 0 Å². The smallest absolute Gasteiger partial charge is 0.257 e. The molecule has 0 N–H and O–H groups in total. The number of carbonyl (C=O) groups is 1. The number of thiophene rings is 1. The van der Waals surface area contributed by atoms with Gasteiger partial charge >= 0.3 is 0 Å². The Bertz CT molecular complexity index is 953. The number of ether oxygens (including phenoxy) is 1. The van der Waals surface area contributed by atoms with Gasteiger partial charge in [-0.25, -0.2) is 9.97 Å². The van der Waals surface area contributed by atoms with Gasteiger partial charge in [0.05, 0.1) is 34.6 Å². The first-order valence-electron chi connectivity index (χ1n) is 9.43. The van der Waals surface area contributed by atoms with Crippen LogP contribution in [0.25, 0.3) is 16.5 Å². The number of methoxy groups -OCH3 is 1. The first-order valence-corrected chi connectivity index (χ1v) is 10.3. The third-order valence-electron chi connectivity index (χ3n) is 5.05. The summed E-state index contributed by atoms with van der Waals surface area (Å²) in [6, 6.07) is 6.11. The molecule has 0 radical (unpaired) electrons. The summed E-state index contributed by atoms with van der Waals surface area (Å²) in [6.45, 7) is 3.14. The van der Waals surface area contributed by atoms with Crippen LogP contribution in [-0.4, -0.2) is 50.3 Å². The number of hydrogen-bond acceptors (Lipinski definition) is 6. The van der Waals surface area contributed by atoms with Gasteiger partial charge in [-0.2, -0.15) is 9.78 Å². The molecule has 1 fully saturated rings. The topological polar surface area (TPSA) is 73.1 Å². The molecule has 3 aromatic rings. The standard InChI is InChI=1S/C20H23N5O2S/c1-14-6-3-4-10-24(14)19(26)15-12-22-25(17(15)13-27-2)20-21-9-8-16(23-20)18-7-5-11-28-18/h5,7-9,11-12,14H,3-4,6,10,13H2,1-2H3/t14-/m0/s1. The Morgan fingerprint density at radius 1 is 1.36 bits per heavy atom. The summed E-state index contributed by atoms with van der Waals surface area (Å²) >= 11 is 1.62. The zero-order chi connectivity index (χ0) is 19.5. The summed E-state index contributed by atoms with van der Waals surface area (Å²) in [5.74, 6) is 0.434. The maximum absolute atomic E-state index is 13.2. The van der Waals surface area contributed by atoms with E-state index in [1.54, 1.807) is 35.5 Å². The lowest BCUT2D eigenvalue weighted by atomic mass is 10.0. The number of aromatic nitrogens is 4. The Hall–Kier alpha value is -2.58. The fraction of sp³-hybridized carbons (Fsp3) is 0.400. The zero-order valence-corrected chi connectivity index (χ0v) is 16.9. The van der Waals surface area contributed by atoms with Crippen molar-refractivity contribution in [2.45, 2.75) is 38.8 Å². The van der Waals surface area contributed by atoms with Crippen LogP contribution >= 0.6 is 11.3 Å². The Morgan fingerprint density at radius 3 is 3.00 bits per heavy atom. The zero-order valence-electron chi connectivity index (χ0n) is 16.0. The highest BCUT2D eigenvalue weighted by atomic mass is 32.1. The molecule has 0 bridgehead atoms. The molecule has 0 aromatic carbocycles. The molecule has 1 aliphatic rings. The van der Waals surface area contributed by atoms with Crippen molar-refractivity contribution < 1.29 is 9.53 Å². The van der Waals surface area contributed by atoms with E-state index in [9.17, 15) is 4.79 Å². The number of nitrogens with zero attached hydrogens (tertiary/aromatic N) is 5. The molecular weight excluding hydrogens is 374 g/mol. The highest BCUT2D eigenvalue weighted by Gasteiger charge is 2.28. The van der Waals surface area contributed by atoms with Crippen molar-refractivity contribution in [3.8, 4) is 16.5 Å². The van der Waals surface area contributed by atoms with Crippen LogP contribution in [0.1, 0.15) is 42.2 Å². The fourth-order valence-corrected chi connectivity index (χ4v) is 4.26. The molecule has 0 unspecified atom stereocenters. The molecule has 8 heteroatoms. The second-order valence-corrected chi connectivity index (χ2v) is 7.86. The molecule has 7 nitrogen and oxygen atoms in total. The molecule has 0 saturated carbocycles. The van der Waals surface area contributed by atoms with Gasteiger partial charge in [0.1, 0.15) is 0 Å². The molecular formula is C20H23N5O2S. The molecule has 28 heavy (non-hydrogen) atoms. The van der Waals surface area contributed by atoms with Crippen molar-refractivity contribution in [1.82, 2.24) is 24.6 Å². The van der Waals surface area contributed by atoms with Gasteiger partial charge in [-0.05, 0) is 43.7 Å². The predicted molar refractivity (Wildman–Crippen MR) is 108 cm³/mol. The summed E-state index contributed by atoms with van der Waals surface area (Å²) in [6.07, 6.45) is 6.56. The van der Waals surface area contributed by atoms with E-state index in [2.05, 4.69) is 22.0 Å². The lowest BCUT2D eigenvalue weighted by molar-refractivity contribution is 0.0630. The number of amides is 1. The van der Waals surface area contributed by atoms with Crippen LogP contribution in [0.4, 0.5) is 0 Å². The average Bonchev–Trinajstić information content (AvgIpc) is 3.39. The molecule has 3 aromatic heterocycles. The molecule has 1 saturated heterocycles. The van der Waals surface area contributed by atoms with Gasteiger partial charge < -0.3 is 9.64 Å². The van der Waals surface area contributed by atoms with E-state index in [-0.39, 0.29) is 18.6 Å². The summed E-state index contributed by atoms with van der Waals surface area (Å²) in [5, 5.41) is 6.45. The fourth-order valence-electron chi connectivity index (χ4n) is 3.57. The molecule has 0 aliphatic carbocycles. The lowest BCUT2D eigenvalue weighted by Crippen LogP contribution is -2.42. The van der Waals surface area contributed by atoms with Gasteiger partial charge in [-0.1, -0.05) is 6.07 Å². The summed E-state index contributed by atoms with van der Waals surface area (Å²) in [5.41, 5.74) is 2.06. The lowest BCUT2D eigenvalue weighted by Gasteiger charge is -2.33. The van der Waals surface area contributed by atoms with E-state index in [4.69, 9.17) is 4.74 Å². The molecule has 0 spiro atoms. The van der Waals surface area contributed by atoms with Crippen molar-refractivity contribution in [2.75, 3.05) is 13.7 Å². The van der Waals surface area contributed by atoms with Gasteiger partial charge in [-0.15, -0.1) is 11.3 Å². The molecule has 1 amide bonds. The van der Waals surface area contributed by atoms with Crippen LogP contribution in [0.5, 0.6) is 0 Å². The summed E-state index contributed by atoms with van der Waals surface area (Å²) in [7, 11) is 1.61. The molecule has 4 rings (SSSR count). The minimum Gasteiger partial charge on any atom is -0.378 e. The number of piperidine rings is 1. The van der Waals surface area contributed by atoms with Crippen LogP contribution in [0.3, 0.4) is 0 Å². The predicted octanol–water partition coefficient (Wildman–Crippen LogP) is 3.55. The third-order valence-corrected chi connectivity index (χ3v) is 5.94. The number of hydrogen-bond donors (Lipinski definition) is 0. The minimum absolute atomic E-state index is 0.0000820. The Kier molecular flexibility index (Phi) is 5.50. The summed E-state index contributed by atoms with van der Waals surface area (Å²) < 4.78 is 6.98. The highest BCUT2D eigenvalue weighted by Crippen LogP contribution is 2.25. The maximum Gasteiger partial charge on any atom is 0.257 e. The molecule has 1 atom stereocenters. The van der Waals surface area contributed by atoms with Crippen LogP contribution in [0.2, 0.25) is 0 Å². The van der Waals surface area contributed by atoms with Gasteiger partial charge in [0, 0.05) is 25.9 Å². The Balaban J connectivity index is 1.71. The van der Waals surface area contributed by atoms with Crippen LogP contribution in [-0.2, 0) is 11.3 Å². The second kappa shape index (κ2) is 8.20. The SMILES string of the molecule is COCc1c(C(=O)N2CCCC[C@@H]2C)cnn1-c1nccc(-c2cccs2)n1. The van der Waals surface area contributed by atoms with Gasteiger partial charge in [-0.3, -0.25) is 4.79 Å². The number of rotatable bonds is 5. The number of carbonyl (C=O) groups excluding carboxylic acids is 1. The normalized spacial score (nSPS) is 17.1. The monoisotopic (exact) mass is 397 g/mol. The van der Waals surface area contributed by atoms with Crippen molar-refractivity contribution in [3.05, 3.63) is 47.2 Å². The van der Waals surface area contributed by atoms with E-state index in [1.165, 1.54) is 6.42 Å². The van der Waals surface area contributed by atoms with Crippen molar-refractivity contribution in [3.63, 3.8) is 0 Å². The maximum atomic E-state index is 13.2. The van der Waals surface area contributed by atoms with Gasteiger partial charge in [0.15, 0.2) is 0 Å².